The minimum Gasteiger partial charge on any atom is -0.379 e. The van der Waals surface area contributed by atoms with Gasteiger partial charge in [0.1, 0.15) is 0 Å². The zero-order valence-corrected chi connectivity index (χ0v) is 10.5. The van der Waals surface area contributed by atoms with Gasteiger partial charge in [-0.1, -0.05) is 5.92 Å². The molecule has 0 bridgehead atoms. The first-order chi connectivity index (χ1) is 8.62. The minimum absolute atomic E-state index is 0.279. The van der Waals surface area contributed by atoms with Crippen molar-refractivity contribution in [3.05, 3.63) is 29.8 Å². The summed E-state index contributed by atoms with van der Waals surface area (Å²) in [6, 6.07) is 6.37. The third kappa shape index (κ3) is 3.07. The van der Waals surface area contributed by atoms with Crippen molar-refractivity contribution in [2.45, 2.75) is 0 Å². The first-order valence-corrected chi connectivity index (χ1v) is 6.85. The van der Waals surface area contributed by atoms with Gasteiger partial charge in [0, 0.05) is 18.7 Å². The number of terminal acetylenes is 1. The van der Waals surface area contributed by atoms with Crippen LogP contribution in [0.5, 0.6) is 0 Å². The fraction of sp³-hybridized carbons (Fsp3) is 0.333. The van der Waals surface area contributed by atoms with Crippen molar-refractivity contribution in [3.8, 4) is 12.3 Å². The summed E-state index contributed by atoms with van der Waals surface area (Å²) in [6.07, 6.45) is 5.21. The number of hydrogen-bond acceptors (Lipinski definition) is 3. The Bertz CT molecular complexity index is 565. The summed E-state index contributed by atoms with van der Waals surface area (Å²) in [5.41, 5.74) is 0.985. The smallest absolute Gasteiger partial charge is 0.275 e. The van der Waals surface area contributed by atoms with Gasteiger partial charge in [-0.2, -0.15) is 12.9 Å². The van der Waals surface area contributed by atoms with E-state index in [1.165, 1.54) is 4.31 Å². The summed E-state index contributed by atoms with van der Waals surface area (Å²) in [5, 5.41) is 0. The number of hydrogen-bond donors (Lipinski definition) is 0. The Morgan fingerprint density at radius 3 is 2.50 bits per heavy atom. The van der Waals surface area contributed by atoms with Crippen molar-refractivity contribution >= 4 is 16.0 Å². The molecule has 1 aliphatic rings. The van der Waals surface area contributed by atoms with E-state index in [1.54, 1.807) is 24.3 Å². The number of rotatable bonds is 2. The van der Waals surface area contributed by atoms with Gasteiger partial charge in [-0.05, 0) is 24.3 Å². The van der Waals surface area contributed by atoms with Gasteiger partial charge in [0.15, 0.2) is 0 Å². The average molecular weight is 268 g/mol. The highest BCUT2D eigenvalue weighted by Crippen LogP contribution is 2.19. The molecule has 0 aromatic heterocycles. The molecule has 1 aromatic rings. The van der Waals surface area contributed by atoms with Gasteiger partial charge < -0.3 is 4.74 Å². The molecule has 1 unspecified atom stereocenters. The van der Waals surface area contributed by atoms with Gasteiger partial charge in [0.25, 0.3) is 10.3 Å². The molecule has 0 saturated carbocycles. The number of ether oxygens (including phenoxy) is 1. The quantitative estimate of drug-likeness (QED) is 0.607. The minimum atomic E-state index is -3.88. The first kappa shape index (κ1) is 13.0. The Morgan fingerprint density at radius 2 is 1.94 bits per heavy atom. The van der Waals surface area contributed by atoms with Gasteiger partial charge in [0.2, 0.25) is 0 Å². The van der Waals surface area contributed by atoms with Crippen LogP contribution in [0.3, 0.4) is 0 Å². The Hall–Kier alpha value is -1.42. The zero-order chi connectivity index (χ0) is 13.0. The van der Waals surface area contributed by atoms with E-state index in [4.69, 9.17) is 11.2 Å². The molecule has 0 amide bonds. The molecule has 6 heteroatoms. The summed E-state index contributed by atoms with van der Waals surface area (Å²) in [7, 11) is -3.88. The van der Waals surface area contributed by atoms with Crippen LogP contribution in [0.25, 0.3) is 0 Å². The molecular formula is C12H13FN2O2S. The second-order valence-electron chi connectivity index (χ2n) is 3.76. The lowest BCUT2D eigenvalue weighted by Gasteiger charge is -2.24. The Balaban J connectivity index is 2.24. The predicted octanol–water partition coefficient (Wildman–Crippen LogP) is 1.90. The van der Waals surface area contributed by atoms with E-state index in [9.17, 15) is 8.09 Å². The molecule has 96 valence electrons. The first-order valence-electron chi connectivity index (χ1n) is 5.48. The molecule has 1 aromatic carbocycles. The highest BCUT2D eigenvalue weighted by molar-refractivity contribution is 7.86. The van der Waals surface area contributed by atoms with E-state index in [-0.39, 0.29) is 13.1 Å². The highest BCUT2D eigenvalue weighted by Gasteiger charge is 2.22. The molecule has 1 aliphatic heterocycles. The van der Waals surface area contributed by atoms with Crippen LogP contribution in [0.4, 0.5) is 9.57 Å². The molecule has 1 fully saturated rings. The summed E-state index contributed by atoms with van der Waals surface area (Å²) in [5.74, 6) is 2.45. The third-order valence-corrected chi connectivity index (χ3v) is 3.98. The van der Waals surface area contributed by atoms with E-state index >= 15 is 0 Å². The second kappa shape index (κ2) is 5.48. The molecule has 0 spiro atoms. The van der Waals surface area contributed by atoms with Crippen LogP contribution in [0.15, 0.2) is 28.6 Å². The number of halogens is 1. The topological polar surface area (TPSA) is 41.9 Å². The predicted molar refractivity (Wildman–Crippen MR) is 68.1 cm³/mol. The van der Waals surface area contributed by atoms with Crippen molar-refractivity contribution < 1.29 is 12.8 Å². The van der Waals surface area contributed by atoms with Crippen LogP contribution >= 0.6 is 0 Å². The van der Waals surface area contributed by atoms with Crippen LogP contribution in [0, 0.1) is 12.3 Å². The fourth-order valence-electron chi connectivity index (χ4n) is 1.58. The van der Waals surface area contributed by atoms with E-state index in [0.29, 0.717) is 24.5 Å². The molecule has 0 N–H and O–H groups in total. The summed E-state index contributed by atoms with van der Waals surface area (Å²) < 4.78 is 35.8. The molecule has 0 radical (unpaired) electrons. The Kier molecular flexibility index (Phi) is 3.97. The van der Waals surface area contributed by atoms with E-state index in [1.807, 2.05) is 0 Å². The SMILES string of the molecule is C#Cc1ccc(N=S(=O)(F)N2CCOCC2)cc1. The maximum atomic E-state index is 14.0. The van der Waals surface area contributed by atoms with Crippen LogP contribution in [0.2, 0.25) is 0 Å². The molecule has 1 atom stereocenters. The molecule has 4 nitrogen and oxygen atoms in total. The van der Waals surface area contributed by atoms with Crippen molar-refractivity contribution in [1.29, 1.82) is 0 Å². The average Bonchev–Trinajstić information content (AvgIpc) is 2.40. The largest absolute Gasteiger partial charge is 0.379 e. The second-order valence-corrected chi connectivity index (χ2v) is 5.32. The Labute approximate surface area is 106 Å². The van der Waals surface area contributed by atoms with Gasteiger partial charge in [-0.3, -0.25) is 0 Å². The zero-order valence-electron chi connectivity index (χ0n) is 9.71. The summed E-state index contributed by atoms with van der Waals surface area (Å²) >= 11 is 0. The standard InChI is InChI=1S/C12H13FN2O2S/c1-2-11-3-5-12(6-4-11)14-18(13,16)15-7-9-17-10-8-15/h1,3-6H,7-10H2. The van der Waals surface area contributed by atoms with Crippen LogP contribution in [-0.4, -0.2) is 34.8 Å². The number of benzene rings is 1. The molecule has 0 aliphatic carbocycles. The van der Waals surface area contributed by atoms with Crippen molar-refractivity contribution in [1.82, 2.24) is 4.31 Å². The lowest BCUT2D eigenvalue weighted by atomic mass is 10.2. The fourth-order valence-corrected chi connectivity index (χ4v) is 2.67. The van der Waals surface area contributed by atoms with E-state index in [2.05, 4.69) is 10.3 Å². The molecule has 1 saturated heterocycles. The van der Waals surface area contributed by atoms with E-state index < -0.39 is 10.3 Å². The van der Waals surface area contributed by atoms with Gasteiger partial charge in [-0.25, -0.2) is 0 Å². The van der Waals surface area contributed by atoms with E-state index in [0.717, 1.165) is 0 Å². The van der Waals surface area contributed by atoms with Crippen molar-refractivity contribution in [2.75, 3.05) is 26.3 Å². The molecule has 1 heterocycles. The molecule has 18 heavy (non-hydrogen) atoms. The van der Waals surface area contributed by atoms with Crippen molar-refractivity contribution in [2.24, 2.45) is 4.36 Å². The maximum Gasteiger partial charge on any atom is 0.275 e. The van der Waals surface area contributed by atoms with Gasteiger partial charge in [0.05, 0.1) is 18.9 Å². The molecular weight excluding hydrogens is 255 g/mol. The third-order valence-electron chi connectivity index (χ3n) is 2.54. The monoisotopic (exact) mass is 268 g/mol. The van der Waals surface area contributed by atoms with Crippen molar-refractivity contribution in [3.63, 3.8) is 0 Å². The Morgan fingerprint density at radius 1 is 1.33 bits per heavy atom. The highest BCUT2D eigenvalue weighted by atomic mass is 32.3. The van der Waals surface area contributed by atoms with Crippen LogP contribution in [-0.2, 0) is 15.0 Å². The number of morpholine rings is 1. The van der Waals surface area contributed by atoms with Gasteiger partial charge in [-0.15, -0.1) is 10.3 Å². The lowest BCUT2D eigenvalue weighted by Crippen LogP contribution is -2.38. The normalized spacial score (nSPS) is 19.8. The van der Waals surface area contributed by atoms with Gasteiger partial charge >= 0.3 is 0 Å². The van der Waals surface area contributed by atoms with Crippen LogP contribution in [0.1, 0.15) is 5.56 Å². The lowest BCUT2D eigenvalue weighted by molar-refractivity contribution is 0.0729. The van der Waals surface area contributed by atoms with Crippen LogP contribution < -0.4 is 0 Å². The molecule has 2 rings (SSSR count). The maximum absolute atomic E-state index is 14.0. The number of nitrogens with zero attached hydrogens (tertiary/aromatic N) is 2. The summed E-state index contributed by atoms with van der Waals surface area (Å²) in [6.45, 7) is 1.29. The summed E-state index contributed by atoms with van der Waals surface area (Å²) in [4.78, 5) is 0.